The lowest BCUT2D eigenvalue weighted by Crippen LogP contribution is -2.56. The molecule has 1 aliphatic rings. The van der Waals surface area contributed by atoms with Crippen molar-refractivity contribution >= 4 is 0 Å². The average Bonchev–Trinajstić information content (AvgIpc) is 2.20. The van der Waals surface area contributed by atoms with Crippen molar-refractivity contribution in [1.82, 2.24) is 10.2 Å². The molecular formula is C15H32N2O. The summed E-state index contributed by atoms with van der Waals surface area (Å²) >= 11 is 0. The molecule has 3 nitrogen and oxygen atoms in total. The molecule has 18 heavy (non-hydrogen) atoms. The monoisotopic (exact) mass is 256 g/mol. The predicted molar refractivity (Wildman–Crippen MR) is 78.0 cm³/mol. The van der Waals surface area contributed by atoms with Crippen molar-refractivity contribution in [2.24, 2.45) is 5.92 Å². The van der Waals surface area contributed by atoms with E-state index in [0.717, 1.165) is 32.1 Å². The molecule has 2 atom stereocenters. The topological polar surface area (TPSA) is 24.5 Å². The third-order valence-electron chi connectivity index (χ3n) is 3.56. The summed E-state index contributed by atoms with van der Waals surface area (Å²) in [5.41, 5.74) is -0.0101. The molecule has 1 N–H and O–H groups in total. The van der Waals surface area contributed by atoms with Crippen molar-refractivity contribution in [1.29, 1.82) is 0 Å². The van der Waals surface area contributed by atoms with Gasteiger partial charge >= 0.3 is 0 Å². The highest BCUT2D eigenvalue weighted by atomic mass is 16.5. The summed E-state index contributed by atoms with van der Waals surface area (Å²) in [6.07, 6.45) is 1.60. The molecule has 1 fully saturated rings. The third-order valence-corrected chi connectivity index (χ3v) is 3.56. The predicted octanol–water partition coefficient (Wildman–Crippen LogP) is 2.51. The van der Waals surface area contributed by atoms with E-state index < -0.39 is 0 Å². The van der Waals surface area contributed by atoms with Gasteiger partial charge in [0.15, 0.2) is 0 Å². The van der Waals surface area contributed by atoms with Gasteiger partial charge in [-0.2, -0.15) is 0 Å². The summed E-state index contributed by atoms with van der Waals surface area (Å²) in [5.74, 6) is 0.787. The van der Waals surface area contributed by atoms with E-state index in [9.17, 15) is 0 Å². The molecule has 0 amide bonds. The first-order valence-corrected chi connectivity index (χ1v) is 7.43. The minimum absolute atomic E-state index is 0.0101. The van der Waals surface area contributed by atoms with Crippen LogP contribution < -0.4 is 5.32 Å². The van der Waals surface area contributed by atoms with Crippen LogP contribution in [0, 0.1) is 5.92 Å². The fourth-order valence-electron chi connectivity index (χ4n) is 2.67. The van der Waals surface area contributed by atoms with E-state index in [2.05, 4.69) is 51.8 Å². The Labute approximate surface area is 113 Å². The fourth-order valence-corrected chi connectivity index (χ4v) is 2.67. The molecule has 1 rings (SSSR count). The van der Waals surface area contributed by atoms with Crippen LogP contribution in [0.4, 0.5) is 0 Å². The van der Waals surface area contributed by atoms with Gasteiger partial charge in [-0.1, -0.05) is 13.8 Å². The van der Waals surface area contributed by atoms with Gasteiger partial charge in [0.25, 0.3) is 0 Å². The Balaban J connectivity index is 2.30. The molecule has 1 saturated heterocycles. The largest absolute Gasteiger partial charge is 0.370 e. The lowest BCUT2D eigenvalue weighted by Gasteiger charge is -2.44. The van der Waals surface area contributed by atoms with E-state index in [4.69, 9.17) is 4.74 Å². The molecule has 2 unspecified atom stereocenters. The lowest BCUT2D eigenvalue weighted by molar-refractivity contribution is -0.136. The Morgan fingerprint density at radius 1 is 1.33 bits per heavy atom. The van der Waals surface area contributed by atoms with Crippen molar-refractivity contribution in [3.8, 4) is 0 Å². The van der Waals surface area contributed by atoms with Gasteiger partial charge in [-0.15, -0.1) is 0 Å². The standard InChI is InChI=1S/C15H32N2O/c1-12(2)7-8-16-9-13(3)17-10-14(4)18-15(5,6)11-17/h12-14,16H,7-11H2,1-6H3. The van der Waals surface area contributed by atoms with Crippen molar-refractivity contribution in [3.63, 3.8) is 0 Å². The van der Waals surface area contributed by atoms with E-state index in [0.29, 0.717) is 12.1 Å². The summed E-state index contributed by atoms with van der Waals surface area (Å²) in [4.78, 5) is 2.55. The molecule has 1 heterocycles. The molecule has 0 aromatic rings. The average molecular weight is 256 g/mol. The molecular weight excluding hydrogens is 224 g/mol. The molecule has 0 spiro atoms. The number of ether oxygens (including phenoxy) is 1. The Bertz CT molecular complexity index is 241. The first kappa shape index (κ1) is 15.9. The van der Waals surface area contributed by atoms with E-state index in [1.165, 1.54) is 6.42 Å². The van der Waals surface area contributed by atoms with Crippen LogP contribution in [-0.4, -0.2) is 48.8 Å². The number of morpholine rings is 1. The van der Waals surface area contributed by atoms with Crippen molar-refractivity contribution in [2.75, 3.05) is 26.2 Å². The van der Waals surface area contributed by atoms with Gasteiger partial charge in [-0.3, -0.25) is 4.90 Å². The van der Waals surface area contributed by atoms with Gasteiger partial charge in [-0.05, 0) is 46.6 Å². The van der Waals surface area contributed by atoms with Gasteiger partial charge in [0.05, 0.1) is 11.7 Å². The van der Waals surface area contributed by atoms with E-state index in [1.807, 2.05) is 0 Å². The van der Waals surface area contributed by atoms with Gasteiger partial charge < -0.3 is 10.1 Å². The Morgan fingerprint density at radius 3 is 2.56 bits per heavy atom. The zero-order valence-corrected chi connectivity index (χ0v) is 13.1. The highest BCUT2D eigenvalue weighted by Gasteiger charge is 2.33. The summed E-state index contributed by atoms with van der Waals surface area (Å²) < 4.78 is 5.95. The molecule has 1 aliphatic heterocycles. The van der Waals surface area contributed by atoms with Crippen LogP contribution in [0.3, 0.4) is 0 Å². The van der Waals surface area contributed by atoms with Crippen LogP contribution in [0.1, 0.15) is 48.0 Å². The molecule has 0 radical (unpaired) electrons. The first-order valence-electron chi connectivity index (χ1n) is 7.43. The number of rotatable bonds is 6. The van der Waals surface area contributed by atoms with Crippen LogP contribution in [0.2, 0.25) is 0 Å². The number of nitrogens with one attached hydrogen (secondary N) is 1. The molecule has 0 aromatic carbocycles. The van der Waals surface area contributed by atoms with Gasteiger partial charge in [0, 0.05) is 25.7 Å². The highest BCUT2D eigenvalue weighted by Crippen LogP contribution is 2.22. The maximum Gasteiger partial charge on any atom is 0.0757 e. The minimum atomic E-state index is -0.0101. The first-order chi connectivity index (χ1) is 8.30. The minimum Gasteiger partial charge on any atom is -0.370 e. The van der Waals surface area contributed by atoms with Crippen LogP contribution in [0.5, 0.6) is 0 Å². The van der Waals surface area contributed by atoms with Crippen LogP contribution in [0.25, 0.3) is 0 Å². The maximum absolute atomic E-state index is 5.95. The normalized spacial score (nSPS) is 26.5. The highest BCUT2D eigenvalue weighted by molar-refractivity contribution is 4.85. The Kier molecular flexibility index (Phi) is 6.09. The zero-order chi connectivity index (χ0) is 13.8. The molecule has 0 bridgehead atoms. The molecule has 108 valence electrons. The van der Waals surface area contributed by atoms with Crippen molar-refractivity contribution in [2.45, 2.75) is 65.7 Å². The molecule has 3 heteroatoms. The fraction of sp³-hybridized carbons (Fsp3) is 1.00. The van der Waals surface area contributed by atoms with E-state index in [-0.39, 0.29) is 5.60 Å². The van der Waals surface area contributed by atoms with Crippen molar-refractivity contribution in [3.05, 3.63) is 0 Å². The van der Waals surface area contributed by atoms with Gasteiger partial charge in [0.2, 0.25) is 0 Å². The smallest absolute Gasteiger partial charge is 0.0757 e. The van der Waals surface area contributed by atoms with Gasteiger partial charge in [-0.25, -0.2) is 0 Å². The summed E-state index contributed by atoms with van der Waals surface area (Å²) in [6, 6.07) is 0.586. The second-order valence-electron chi connectivity index (χ2n) is 6.85. The third kappa shape index (κ3) is 5.68. The SMILES string of the molecule is CC(C)CCNCC(C)N1CC(C)OC(C)(C)C1. The molecule has 0 aliphatic carbocycles. The second-order valence-corrected chi connectivity index (χ2v) is 6.85. The number of hydrogen-bond donors (Lipinski definition) is 1. The number of nitrogens with zero attached hydrogens (tertiary/aromatic N) is 1. The van der Waals surface area contributed by atoms with Crippen LogP contribution in [0.15, 0.2) is 0 Å². The molecule has 0 aromatic heterocycles. The maximum atomic E-state index is 5.95. The van der Waals surface area contributed by atoms with Crippen LogP contribution in [-0.2, 0) is 4.74 Å². The Morgan fingerprint density at radius 2 is 2.00 bits per heavy atom. The molecule has 0 saturated carbocycles. The summed E-state index contributed by atoms with van der Waals surface area (Å²) in [6.45, 7) is 17.7. The van der Waals surface area contributed by atoms with E-state index in [1.54, 1.807) is 0 Å². The Hall–Kier alpha value is -0.120. The number of hydrogen-bond acceptors (Lipinski definition) is 3. The summed E-state index contributed by atoms with van der Waals surface area (Å²) in [7, 11) is 0. The van der Waals surface area contributed by atoms with Gasteiger partial charge in [0.1, 0.15) is 0 Å². The second kappa shape index (κ2) is 6.88. The summed E-state index contributed by atoms with van der Waals surface area (Å²) in [5, 5.41) is 3.57. The van der Waals surface area contributed by atoms with Crippen molar-refractivity contribution < 1.29 is 4.74 Å². The van der Waals surface area contributed by atoms with E-state index >= 15 is 0 Å². The zero-order valence-electron chi connectivity index (χ0n) is 13.1. The lowest BCUT2D eigenvalue weighted by atomic mass is 10.0. The van der Waals surface area contributed by atoms with Crippen LogP contribution >= 0.6 is 0 Å². The quantitative estimate of drug-likeness (QED) is 0.739.